The maximum atomic E-state index is 11.3. The molecule has 2 rings (SSSR count). The summed E-state index contributed by atoms with van der Waals surface area (Å²) in [5.74, 6) is -0.393. The van der Waals surface area contributed by atoms with E-state index in [1.54, 1.807) is 0 Å². The monoisotopic (exact) mass is 244 g/mol. The first-order chi connectivity index (χ1) is 8.72. The summed E-state index contributed by atoms with van der Waals surface area (Å²) >= 11 is 0. The predicted octanol–water partition coefficient (Wildman–Crippen LogP) is 1.72. The first kappa shape index (κ1) is 12.4. The minimum Gasteiger partial charge on any atom is -0.468 e. The molecule has 4 nitrogen and oxygen atoms in total. The van der Waals surface area contributed by atoms with Crippen LogP contribution in [0.4, 0.5) is 0 Å². The fourth-order valence-electron chi connectivity index (χ4n) is 1.92. The van der Waals surface area contributed by atoms with E-state index in [1.807, 2.05) is 42.7 Å². The number of rotatable bonds is 4. The van der Waals surface area contributed by atoms with Gasteiger partial charge in [-0.25, -0.2) is 0 Å². The van der Waals surface area contributed by atoms with Gasteiger partial charge in [0, 0.05) is 24.4 Å². The Bertz CT molecular complexity index is 520. The molecule has 1 heterocycles. The zero-order valence-electron chi connectivity index (χ0n) is 10.2. The number of hydrogen-bond acceptors (Lipinski definition) is 3. The lowest BCUT2D eigenvalue weighted by Gasteiger charge is -2.09. The van der Waals surface area contributed by atoms with Gasteiger partial charge in [-0.15, -0.1) is 0 Å². The Morgan fingerprint density at radius 3 is 2.72 bits per heavy atom. The van der Waals surface area contributed by atoms with Crippen molar-refractivity contribution in [3.63, 3.8) is 0 Å². The summed E-state index contributed by atoms with van der Waals surface area (Å²) in [5, 5.41) is 0. The van der Waals surface area contributed by atoms with E-state index in [2.05, 4.69) is 9.72 Å². The standard InChI is InChI=1S/C14H16N2O2/c1-18-14(17)13(15)7-11-8-16-9-12(11)10-5-3-2-4-6-10/h2-6,8-9,13,16H,7,15H2,1H3/t13-/m0/s1. The quantitative estimate of drug-likeness (QED) is 0.805. The third-order valence-electron chi connectivity index (χ3n) is 2.86. The normalized spacial score (nSPS) is 12.1. The number of H-pyrrole nitrogens is 1. The van der Waals surface area contributed by atoms with Gasteiger partial charge < -0.3 is 15.5 Å². The van der Waals surface area contributed by atoms with Crippen molar-refractivity contribution in [3.8, 4) is 11.1 Å². The molecule has 1 atom stereocenters. The van der Waals surface area contributed by atoms with Gasteiger partial charge in [0.1, 0.15) is 6.04 Å². The number of ether oxygens (including phenoxy) is 1. The van der Waals surface area contributed by atoms with E-state index in [0.29, 0.717) is 6.42 Å². The average molecular weight is 244 g/mol. The Balaban J connectivity index is 2.21. The van der Waals surface area contributed by atoms with Crippen LogP contribution in [0.1, 0.15) is 5.56 Å². The lowest BCUT2D eigenvalue weighted by molar-refractivity contribution is -0.142. The van der Waals surface area contributed by atoms with Crippen molar-refractivity contribution in [3.05, 3.63) is 48.3 Å². The van der Waals surface area contributed by atoms with Crippen LogP contribution < -0.4 is 5.73 Å². The van der Waals surface area contributed by atoms with E-state index in [4.69, 9.17) is 5.73 Å². The van der Waals surface area contributed by atoms with Gasteiger partial charge in [-0.2, -0.15) is 0 Å². The average Bonchev–Trinajstić information content (AvgIpc) is 2.86. The van der Waals surface area contributed by atoms with Gasteiger partial charge in [0.25, 0.3) is 0 Å². The molecule has 94 valence electrons. The summed E-state index contributed by atoms with van der Waals surface area (Å²) in [7, 11) is 1.34. The van der Waals surface area contributed by atoms with Crippen LogP contribution in [-0.2, 0) is 16.0 Å². The molecular formula is C14H16N2O2. The topological polar surface area (TPSA) is 68.1 Å². The van der Waals surface area contributed by atoms with Crippen LogP contribution in [0.3, 0.4) is 0 Å². The highest BCUT2D eigenvalue weighted by Crippen LogP contribution is 2.24. The summed E-state index contributed by atoms with van der Waals surface area (Å²) in [4.78, 5) is 14.4. The molecule has 0 aliphatic carbocycles. The van der Waals surface area contributed by atoms with Gasteiger partial charge >= 0.3 is 5.97 Å². The first-order valence-electron chi connectivity index (χ1n) is 5.77. The SMILES string of the molecule is COC(=O)[C@@H](N)Cc1c[nH]cc1-c1ccccc1. The number of nitrogens with two attached hydrogens (primary N) is 1. The Kier molecular flexibility index (Phi) is 3.79. The van der Waals surface area contributed by atoms with Crippen LogP contribution in [0, 0.1) is 0 Å². The predicted molar refractivity (Wildman–Crippen MR) is 69.9 cm³/mol. The molecule has 0 aliphatic rings. The van der Waals surface area contributed by atoms with Gasteiger partial charge in [-0.1, -0.05) is 30.3 Å². The van der Waals surface area contributed by atoms with Crippen LogP contribution in [0.2, 0.25) is 0 Å². The smallest absolute Gasteiger partial charge is 0.322 e. The fraction of sp³-hybridized carbons (Fsp3) is 0.214. The fourth-order valence-corrected chi connectivity index (χ4v) is 1.92. The molecule has 4 heteroatoms. The molecule has 2 aromatic rings. The van der Waals surface area contributed by atoms with E-state index < -0.39 is 12.0 Å². The summed E-state index contributed by atoms with van der Waals surface area (Å²) < 4.78 is 4.63. The minimum absolute atomic E-state index is 0.393. The Morgan fingerprint density at radius 1 is 1.33 bits per heavy atom. The highest BCUT2D eigenvalue weighted by atomic mass is 16.5. The molecule has 0 radical (unpaired) electrons. The van der Waals surface area contributed by atoms with E-state index in [0.717, 1.165) is 16.7 Å². The molecule has 1 aromatic heterocycles. The molecule has 0 amide bonds. The van der Waals surface area contributed by atoms with Crippen LogP contribution in [0.5, 0.6) is 0 Å². The first-order valence-corrected chi connectivity index (χ1v) is 5.77. The molecule has 0 aliphatic heterocycles. The molecule has 3 N–H and O–H groups in total. The van der Waals surface area contributed by atoms with Crippen molar-refractivity contribution in [1.29, 1.82) is 0 Å². The molecule has 18 heavy (non-hydrogen) atoms. The van der Waals surface area contributed by atoms with Crippen molar-refractivity contribution in [1.82, 2.24) is 4.98 Å². The Morgan fingerprint density at radius 2 is 2.06 bits per heavy atom. The minimum atomic E-state index is -0.631. The highest BCUT2D eigenvalue weighted by Gasteiger charge is 2.17. The number of hydrogen-bond donors (Lipinski definition) is 2. The number of aromatic nitrogens is 1. The highest BCUT2D eigenvalue weighted by molar-refractivity contribution is 5.76. The maximum Gasteiger partial charge on any atom is 0.322 e. The van der Waals surface area contributed by atoms with Gasteiger partial charge in [-0.3, -0.25) is 4.79 Å². The summed E-state index contributed by atoms with van der Waals surface area (Å²) in [6, 6.07) is 9.34. The Labute approximate surface area is 106 Å². The molecule has 1 aromatic carbocycles. The molecular weight excluding hydrogens is 228 g/mol. The van der Waals surface area contributed by atoms with E-state index >= 15 is 0 Å². The largest absolute Gasteiger partial charge is 0.468 e. The second-order valence-electron chi connectivity index (χ2n) is 4.09. The van der Waals surface area contributed by atoms with Gasteiger partial charge in [0.15, 0.2) is 0 Å². The number of carbonyl (C=O) groups excluding carboxylic acids is 1. The van der Waals surface area contributed by atoms with Crippen molar-refractivity contribution < 1.29 is 9.53 Å². The van der Waals surface area contributed by atoms with Crippen LogP contribution in [0.25, 0.3) is 11.1 Å². The second kappa shape index (κ2) is 5.51. The molecule has 0 saturated carbocycles. The van der Waals surface area contributed by atoms with E-state index in [1.165, 1.54) is 7.11 Å². The van der Waals surface area contributed by atoms with E-state index in [-0.39, 0.29) is 0 Å². The van der Waals surface area contributed by atoms with Crippen LogP contribution >= 0.6 is 0 Å². The maximum absolute atomic E-state index is 11.3. The number of methoxy groups -OCH3 is 1. The summed E-state index contributed by atoms with van der Waals surface area (Å²) in [5.41, 5.74) is 8.96. The molecule has 0 bridgehead atoms. The lowest BCUT2D eigenvalue weighted by atomic mass is 10.00. The summed E-state index contributed by atoms with van der Waals surface area (Å²) in [6.07, 6.45) is 4.24. The van der Waals surface area contributed by atoms with Crippen molar-refractivity contribution in [2.75, 3.05) is 7.11 Å². The van der Waals surface area contributed by atoms with E-state index in [9.17, 15) is 4.79 Å². The van der Waals surface area contributed by atoms with Crippen molar-refractivity contribution in [2.45, 2.75) is 12.5 Å². The number of carbonyl (C=O) groups is 1. The number of nitrogens with one attached hydrogen (secondary N) is 1. The van der Waals surface area contributed by atoms with Crippen LogP contribution in [0.15, 0.2) is 42.7 Å². The molecule has 0 saturated heterocycles. The lowest BCUT2D eigenvalue weighted by Crippen LogP contribution is -2.33. The third kappa shape index (κ3) is 2.60. The number of aromatic amines is 1. The third-order valence-corrected chi connectivity index (χ3v) is 2.86. The Hall–Kier alpha value is -2.07. The number of benzene rings is 1. The zero-order valence-corrected chi connectivity index (χ0v) is 10.2. The summed E-state index contributed by atoms with van der Waals surface area (Å²) in [6.45, 7) is 0. The number of esters is 1. The van der Waals surface area contributed by atoms with Gasteiger partial charge in [0.05, 0.1) is 7.11 Å². The zero-order chi connectivity index (χ0) is 13.0. The van der Waals surface area contributed by atoms with Crippen molar-refractivity contribution >= 4 is 5.97 Å². The second-order valence-corrected chi connectivity index (χ2v) is 4.09. The van der Waals surface area contributed by atoms with Crippen LogP contribution in [-0.4, -0.2) is 24.1 Å². The molecule has 0 spiro atoms. The van der Waals surface area contributed by atoms with Crippen molar-refractivity contribution in [2.24, 2.45) is 5.73 Å². The molecule has 0 unspecified atom stereocenters. The van der Waals surface area contributed by atoms with Gasteiger partial charge in [0.2, 0.25) is 0 Å². The van der Waals surface area contributed by atoms with Gasteiger partial charge in [-0.05, 0) is 11.1 Å². The molecule has 0 fully saturated rings.